The molecule has 1 aromatic heterocycles. The van der Waals surface area contributed by atoms with E-state index in [9.17, 15) is 9.59 Å². The molecule has 7 nitrogen and oxygen atoms in total. The minimum absolute atomic E-state index is 0.0578. The van der Waals surface area contributed by atoms with Crippen molar-refractivity contribution < 1.29 is 14.3 Å². The summed E-state index contributed by atoms with van der Waals surface area (Å²) >= 11 is 0. The number of hydrogen-bond donors (Lipinski definition) is 1. The van der Waals surface area contributed by atoms with E-state index in [0.29, 0.717) is 13.2 Å². The average Bonchev–Trinajstić information content (AvgIpc) is 3.39. The van der Waals surface area contributed by atoms with Crippen molar-refractivity contribution >= 4 is 17.5 Å². The van der Waals surface area contributed by atoms with Gasteiger partial charge in [0.2, 0.25) is 11.8 Å². The largest absolute Gasteiger partial charge is 0.494 e. The molecule has 160 valence electrons. The topological polar surface area (TPSA) is 76.5 Å². The molecule has 2 atom stereocenters. The average molecular weight is 418 g/mol. The molecule has 1 fully saturated rings. The Balaban J connectivity index is 1.50. The molecule has 1 N–H and O–H groups in total. The number of aryl methyl sites for hydroxylation is 1. The molecule has 7 heteroatoms. The maximum absolute atomic E-state index is 13.2. The third-order valence-corrected chi connectivity index (χ3v) is 5.49. The Hall–Kier alpha value is -3.61. The van der Waals surface area contributed by atoms with E-state index in [1.165, 1.54) is 0 Å². The summed E-state index contributed by atoms with van der Waals surface area (Å²) in [5, 5.41) is 3.12. The zero-order valence-electron chi connectivity index (χ0n) is 17.7. The number of hydrogen-bond acceptors (Lipinski definition) is 4. The van der Waals surface area contributed by atoms with Crippen molar-refractivity contribution in [2.24, 2.45) is 13.0 Å². The Morgan fingerprint density at radius 1 is 1.19 bits per heavy atom. The summed E-state index contributed by atoms with van der Waals surface area (Å²) < 4.78 is 7.36. The lowest BCUT2D eigenvalue weighted by atomic mass is 10.0. The van der Waals surface area contributed by atoms with Crippen LogP contribution < -0.4 is 15.0 Å². The van der Waals surface area contributed by atoms with Crippen molar-refractivity contribution in [1.82, 2.24) is 14.9 Å². The fourth-order valence-electron chi connectivity index (χ4n) is 3.88. The first-order chi connectivity index (χ1) is 15.1. The van der Waals surface area contributed by atoms with Crippen LogP contribution in [0.5, 0.6) is 5.75 Å². The standard InChI is InChI=1S/C24H26N4O3/c1-3-31-20-11-9-19(10-12-20)28-16-18(15-21(28)29)24(30)26-22(17-7-5-4-6-8-17)23-25-13-14-27(23)2/h4-14,18,22H,3,15-16H2,1-2H3,(H,26,30)/t18-,22+/m1/s1. The second-order valence-electron chi connectivity index (χ2n) is 7.58. The van der Waals surface area contributed by atoms with Gasteiger partial charge in [0.25, 0.3) is 0 Å². The van der Waals surface area contributed by atoms with E-state index >= 15 is 0 Å². The van der Waals surface area contributed by atoms with Gasteiger partial charge in [0.1, 0.15) is 17.6 Å². The Labute approximate surface area is 181 Å². The number of ether oxygens (including phenoxy) is 1. The molecule has 4 rings (SSSR count). The molecule has 3 aromatic rings. The van der Waals surface area contributed by atoms with Crippen molar-refractivity contribution in [3.8, 4) is 5.75 Å². The number of rotatable bonds is 7. The Bertz CT molecular complexity index is 1050. The molecule has 0 saturated carbocycles. The first-order valence-corrected chi connectivity index (χ1v) is 10.4. The van der Waals surface area contributed by atoms with E-state index in [1.54, 1.807) is 11.1 Å². The van der Waals surface area contributed by atoms with Gasteiger partial charge in [0, 0.05) is 38.1 Å². The maximum atomic E-state index is 13.2. The summed E-state index contributed by atoms with van der Waals surface area (Å²) in [5.74, 6) is 0.863. The van der Waals surface area contributed by atoms with E-state index in [4.69, 9.17) is 4.74 Å². The molecule has 1 saturated heterocycles. The minimum atomic E-state index is -0.425. The van der Waals surface area contributed by atoms with Gasteiger partial charge in [-0.25, -0.2) is 4.98 Å². The smallest absolute Gasteiger partial charge is 0.227 e. The van der Waals surface area contributed by atoms with Crippen LogP contribution in [0.25, 0.3) is 0 Å². The number of nitrogens with zero attached hydrogens (tertiary/aromatic N) is 3. The first kappa shape index (κ1) is 20.7. The molecular weight excluding hydrogens is 392 g/mol. The number of amides is 2. The highest BCUT2D eigenvalue weighted by Crippen LogP contribution is 2.28. The fraction of sp³-hybridized carbons (Fsp3) is 0.292. The van der Waals surface area contributed by atoms with Crippen LogP contribution in [0, 0.1) is 5.92 Å². The number of nitrogens with one attached hydrogen (secondary N) is 1. The Kier molecular flexibility index (Phi) is 6.02. The molecule has 2 amide bonds. The van der Waals surface area contributed by atoms with Crippen molar-refractivity contribution in [3.05, 3.63) is 78.4 Å². The zero-order chi connectivity index (χ0) is 21.8. The summed E-state index contributed by atoms with van der Waals surface area (Å²) in [4.78, 5) is 31.9. The number of carbonyl (C=O) groups is 2. The minimum Gasteiger partial charge on any atom is -0.494 e. The molecule has 31 heavy (non-hydrogen) atoms. The van der Waals surface area contributed by atoms with Crippen LogP contribution in [0.1, 0.15) is 30.8 Å². The van der Waals surface area contributed by atoms with Crippen LogP contribution in [0.3, 0.4) is 0 Å². The molecule has 2 aromatic carbocycles. The van der Waals surface area contributed by atoms with E-state index in [0.717, 1.165) is 22.8 Å². The third-order valence-electron chi connectivity index (χ3n) is 5.49. The molecular formula is C24H26N4O3. The summed E-state index contributed by atoms with van der Waals surface area (Å²) in [6.07, 6.45) is 3.75. The Morgan fingerprint density at radius 2 is 1.94 bits per heavy atom. The van der Waals surface area contributed by atoms with Crippen LogP contribution in [-0.2, 0) is 16.6 Å². The van der Waals surface area contributed by atoms with Gasteiger partial charge >= 0.3 is 0 Å². The lowest BCUT2D eigenvalue weighted by Gasteiger charge is -2.21. The van der Waals surface area contributed by atoms with Crippen LogP contribution in [0.2, 0.25) is 0 Å². The van der Waals surface area contributed by atoms with Gasteiger partial charge in [-0.05, 0) is 36.8 Å². The highest BCUT2D eigenvalue weighted by molar-refractivity contribution is 6.00. The lowest BCUT2D eigenvalue weighted by Crippen LogP contribution is -2.37. The van der Waals surface area contributed by atoms with Gasteiger partial charge < -0.3 is 19.5 Å². The number of aromatic nitrogens is 2. The first-order valence-electron chi connectivity index (χ1n) is 10.4. The summed E-state index contributed by atoms with van der Waals surface area (Å²) in [6, 6.07) is 16.7. The molecule has 0 radical (unpaired) electrons. The highest BCUT2D eigenvalue weighted by Gasteiger charge is 2.36. The van der Waals surface area contributed by atoms with E-state index in [2.05, 4.69) is 10.3 Å². The van der Waals surface area contributed by atoms with E-state index in [-0.39, 0.29) is 24.3 Å². The van der Waals surface area contributed by atoms with Gasteiger partial charge in [-0.3, -0.25) is 9.59 Å². The van der Waals surface area contributed by atoms with Crippen LogP contribution in [0.15, 0.2) is 67.0 Å². The zero-order valence-corrected chi connectivity index (χ0v) is 17.7. The molecule has 1 aliphatic heterocycles. The Morgan fingerprint density at radius 3 is 2.58 bits per heavy atom. The van der Waals surface area contributed by atoms with E-state index in [1.807, 2.05) is 79.3 Å². The van der Waals surface area contributed by atoms with E-state index < -0.39 is 5.92 Å². The van der Waals surface area contributed by atoms with Gasteiger partial charge in [0.05, 0.1) is 12.5 Å². The van der Waals surface area contributed by atoms with Crippen molar-refractivity contribution in [3.63, 3.8) is 0 Å². The second-order valence-corrected chi connectivity index (χ2v) is 7.58. The molecule has 0 aliphatic carbocycles. The summed E-state index contributed by atoms with van der Waals surface area (Å²) in [5.41, 5.74) is 1.71. The molecule has 2 heterocycles. The number of imidazole rings is 1. The quantitative estimate of drug-likeness (QED) is 0.640. The SMILES string of the molecule is CCOc1ccc(N2C[C@H](C(=O)N[C@@H](c3ccccc3)c3nccn3C)CC2=O)cc1. The molecule has 0 bridgehead atoms. The maximum Gasteiger partial charge on any atom is 0.227 e. The van der Waals surface area contributed by atoms with Crippen LogP contribution >= 0.6 is 0 Å². The van der Waals surface area contributed by atoms with Crippen LogP contribution in [-0.4, -0.2) is 34.5 Å². The predicted molar refractivity (Wildman–Crippen MR) is 118 cm³/mol. The normalized spacial score (nSPS) is 16.9. The summed E-state index contributed by atoms with van der Waals surface area (Å²) in [7, 11) is 1.90. The monoisotopic (exact) mass is 418 g/mol. The molecule has 1 aliphatic rings. The van der Waals surface area contributed by atoms with Gasteiger partial charge in [0.15, 0.2) is 0 Å². The lowest BCUT2D eigenvalue weighted by molar-refractivity contribution is -0.126. The van der Waals surface area contributed by atoms with Crippen molar-refractivity contribution in [2.45, 2.75) is 19.4 Å². The van der Waals surface area contributed by atoms with Gasteiger partial charge in [-0.1, -0.05) is 30.3 Å². The third kappa shape index (κ3) is 4.45. The number of benzene rings is 2. The van der Waals surface area contributed by atoms with Gasteiger partial charge in [-0.2, -0.15) is 0 Å². The number of carbonyl (C=O) groups excluding carboxylic acids is 2. The van der Waals surface area contributed by atoms with Crippen LogP contribution in [0.4, 0.5) is 5.69 Å². The van der Waals surface area contributed by atoms with Crippen molar-refractivity contribution in [2.75, 3.05) is 18.1 Å². The predicted octanol–water partition coefficient (Wildman–Crippen LogP) is 3.08. The summed E-state index contributed by atoms with van der Waals surface area (Å²) in [6.45, 7) is 2.86. The fourth-order valence-corrected chi connectivity index (χ4v) is 3.88. The van der Waals surface area contributed by atoms with Crippen molar-refractivity contribution in [1.29, 1.82) is 0 Å². The van der Waals surface area contributed by atoms with Gasteiger partial charge in [-0.15, -0.1) is 0 Å². The number of anilines is 1. The molecule has 0 unspecified atom stereocenters. The molecule has 0 spiro atoms. The highest BCUT2D eigenvalue weighted by atomic mass is 16.5. The second kappa shape index (κ2) is 9.04.